The van der Waals surface area contributed by atoms with Crippen LogP contribution in [0.25, 0.3) is 79.1 Å². The highest BCUT2D eigenvalue weighted by Crippen LogP contribution is 2.54. The van der Waals surface area contributed by atoms with Crippen LogP contribution in [0.3, 0.4) is 0 Å². The average molecular weight is 1130 g/mol. The number of benzene rings is 10. The molecule has 5 heterocycles. The Labute approximate surface area is 508 Å². The van der Waals surface area contributed by atoms with Gasteiger partial charge in [0.25, 0.3) is 5.79 Å². The van der Waals surface area contributed by atoms with Crippen molar-refractivity contribution in [3.8, 4) is 79.3 Å². The normalized spacial score (nSPS) is 13.4. The number of rotatable bonds is 12. The van der Waals surface area contributed by atoms with Crippen LogP contribution in [0, 0.1) is 13.8 Å². The molecule has 0 saturated carbocycles. The van der Waals surface area contributed by atoms with Crippen molar-refractivity contribution in [1.82, 2.24) is 19.5 Å². The number of allylic oxidation sites excluding steroid dienone is 1. The van der Waals surface area contributed by atoms with Crippen LogP contribution in [0.2, 0.25) is 0 Å². The van der Waals surface area contributed by atoms with Crippen molar-refractivity contribution >= 4 is 28.4 Å². The Hall–Kier alpha value is -11.0. The van der Waals surface area contributed by atoms with Gasteiger partial charge in [-0.25, -0.2) is 20.0 Å². The molecule has 0 radical (unpaired) electrons. The summed E-state index contributed by atoms with van der Waals surface area (Å²) in [4.78, 5) is 30.9. The van der Waals surface area contributed by atoms with E-state index in [-0.39, 0.29) is 7.43 Å². The Bertz CT molecular complexity index is 4480. The van der Waals surface area contributed by atoms with Crippen molar-refractivity contribution in [2.75, 3.05) is 14.2 Å². The van der Waals surface area contributed by atoms with Crippen molar-refractivity contribution in [3.63, 3.8) is 0 Å². The molecule has 15 rings (SSSR count). The first-order valence-electron chi connectivity index (χ1n) is 28.9. The minimum absolute atomic E-state index is 0. The van der Waals surface area contributed by atoms with E-state index in [1.165, 1.54) is 11.1 Å². The van der Waals surface area contributed by atoms with Gasteiger partial charge in [0.2, 0.25) is 0 Å². The maximum Gasteiger partial charge on any atom is 0.262 e. The van der Waals surface area contributed by atoms with Crippen LogP contribution in [-0.4, -0.2) is 50.9 Å². The molecule has 0 saturated heterocycles. The minimum Gasteiger partial charge on any atom is -0.496 e. The number of H-pyrrole nitrogens is 1. The van der Waals surface area contributed by atoms with E-state index < -0.39 is 5.79 Å². The smallest absolute Gasteiger partial charge is 0.262 e. The molecule has 0 unspecified atom stereocenters. The Morgan fingerprint density at radius 3 is 1.36 bits per heavy atom. The maximum absolute atomic E-state index is 5.85. The van der Waals surface area contributed by atoms with E-state index in [9.17, 15) is 0 Å². The number of aromatic nitrogens is 4. The van der Waals surface area contributed by atoms with E-state index in [0.717, 1.165) is 141 Å². The number of aliphatic imine (C=N–C) groups is 3. The number of imidazole rings is 2. The van der Waals surface area contributed by atoms with Crippen LogP contribution in [0.5, 0.6) is 11.5 Å². The number of fused-ring (bicyclic) bond motifs is 5. The van der Waals surface area contributed by atoms with Gasteiger partial charge in [-0.05, 0) is 60.4 Å². The first-order chi connectivity index (χ1) is 42.4. The zero-order valence-electron chi connectivity index (χ0n) is 48.1. The molecule has 0 bridgehead atoms. The van der Waals surface area contributed by atoms with Gasteiger partial charge in [0.05, 0.1) is 59.8 Å². The summed E-state index contributed by atoms with van der Waals surface area (Å²) >= 11 is 0. The van der Waals surface area contributed by atoms with Crippen LogP contribution in [0.4, 0.5) is 0 Å². The predicted octanol–water partition coefficient (Wildman–Crippen LogP) is 18.3. The first-order valence-corrected chi connectivity index (χ1v) is 28.9. The standard InChI is InChI=1S/C39H31N3O.C38H28N4O.CH4/c1-26-23-33(39-41-37(29-19-11-5-12-20-29)38(42-39)30-21-13-6-14-22-30)32(25-35(26)43-2)34-24-31(27-15-7-3-8-16-27)36(40-34)28-17-9-4-10-18-28;1-25-23-30-31(24-32(25)43-2)38(40-33(26-15-7-3-8-16-26)34(41-38)27-17-9-4-10-18-27)42-36(29-21-13-6-14-22-29)35(39-37(30)42)28-19-11-5-12-20-28;/h3-23,25H,24H2,1-2H3,(H,41,42);3-24H,1-2H3;1H4. The van der Waals surface area contributed by atoms with Crippen molar-refractivity contribution in [2.24, 2.45) is 15.0 Å². The molecule has 422 valence electrons. The molecule has 2 aromatic heterocycles. The summed E-state index contributed by atoms with van der Waals surface area (Å²) in [5.74, 6) is 2.15. The second kappa shape index (κ2) is 23.6. The second-order valence-electron chi connectivity index (χ2n) is 21.6. The van der Waals surface area contributed by atoms with Crippen LogP contribution in [0.15, 0.2) is 282 Å². The SMILES string of the molecule is C.COc1cc(C2=NC(c3ccccc3)=C(c3ccccc3)C2)c(-c2nc(-c3ccccc3)c(-c3ccccc3)[nH]2)cc1C.COc1cc2c(cc1C)-c1nc(-c3ccccc3)c(-c3ccccc3)n1C21N=C(c2ccccc2)C(c2ccccc2)=N1. The molecule has 0 aliphatic carbocycles. The number of aromatic amines is 1. The van der Waals surface area contributed by atoms with E-state index >= 15 is 0 Å². The van der Waals surface area contributed by atoms with Gasteiger partial charge in [0.15, 0.2) is 0 Å². The number of nitrogens with one attached hydrogen (secondary N) is 1. The van der Waals surface area contributed by atoms with Crippen LogP contribution < -0.4 is 9.47 Å². The topological polar surface area (TPSA) is 102 Å². The van der Waals surface area contributed by atoms with E-state index in [4.69, 9.17) is 34.4 Å². The summed E-state index contributed by atoms with van der Waals surface area (Å²) < 4.78 is 13.9. The number of hydrogen-bond donors (Lipinski definition) is 1. The number of methoxy groups -OCH3 is 2. The fourth-order valence-electron chi connectivity index (χ4n) is 12.1. The van der Waals surface area contributed by atoms with Crippen molar-refractivity contribution in [2.45, 2.75) is 33.5 Å². The van der Waals surface area contributed by atoms with Crippen molar-refractivity contribution in [1.29, 1.82) is 0 Å². The molecule has 1 N–H and O–H groups in total. The molecule has 12 aromatic rings. The lowest BCUT2D eigenvalue weighted by atomic mass is 9.93. The monoisotopic (exact) mass is 1130 g/mol. The van der Waals surface area contributed by atoms with Crippen molar-refractivity contribution in [3.05, 3.63) is 311 Å². The van der Waals surface area contributed by atoms with E-state index in [2.05, 4.69) is 224 Å². The third-order valence-corrected chi connectivity index (χ3v) is 16.2. The molecule has 0 atom stereocenters. The van der Waals surface area contributed by atoms with Gasteiger partial charge in [-0.2, -0.15) is 0 Å². The third-order valence-electron chi connectivity index (χ3n) is 16.2. The summed E-state index contributed by atoms with van der Waals surface area (Å²) in [5, 5.41) is 0. The van der Waals surface area contributed by atoms with Gasteiger partial charge in [-0.3, -0.25) is 9.56 Å². The van der Waals surface area contributed by atoms with E-state index in [0.29, 0.717) is 6.42 Å². The van der Waals surface area contributed by atoms with E-state index in [1.807, 2.05) is 66.7 Å². The van der Waals surface area contributed by atoms with Crippen molar-refractivity contribution < 1.29 is 9.47 Å². The molecule has 3 aliphatic heterocycles. The highest BCUT2D eigenvalue weighted by Gasteiger charge is 2.51. The highest BCUT2D eigenvalue weighted by atomic mass is 16.5. The molecular weight excluding hydrogens is 1070 g/mol. The number of hydrogen-bond acceptors (Lipinski definition) is 7. The third kappa shape index (κ3) is 10.1. The van der Waals surface area contributed by atoms with Gasteiger partial charge in [-0.15, -0.1) is 0 Å². The summed E-state index contributed by atoms with van der Waals surface area (Å²) in [6.07, 6.45) is 0.700. The number of aryl methyl sites for hydroxylation is 2. The molecule has 3 aliphatic rings. The van der Waals surface area contributed by atoms with Gasteiger partial charge in [0.1, 0.15) is 23.1 Å². The fourth-order valence-corrected chi connectivity index (χ4v) is 12.1. The summed E-state index contributed by atoms with van der Waals surface area (Å²) in [6.45, 7) is 4.14. The molecule has 9 nitrogen and oxygen atoms in total. The lowest BCUT2D eigenvalue weighted by molar-refractivity contribution is 0.401. The first kappa shape index (κ1) is 55.2. The Kier molecular flexibility index (Phi) is 14.9. The zero-order valence-corrected chi connectivity index (χ0v) is 48.1. The Morgan fingerprint density at radius 2 is 0.851 bits per heavy atom. The van der Waals surface area contributed by atoms with Crippen LogP contribution in [0.1, 0.15) is 58.4 Å². The summed E-state index contributed by atoms with van der Waals surface area (Å²) in [5.41, 5.74) is 23.3. The van der Waals surface area contributed by atoms with Crippen LogP contribution in [-0.2, 0) is 5.79 Å². The summed E-state index contributed by atoms with van der Waals surface area (Å²) in [7, 11) is 3.43. The molecule has 87 heavy (non-hydrogen) atoms. The molecule has 10 aromatic carbocycles. The quantitative estimate of drug-likeness (QED) is 0.132. The van der Waals surface area contributed by atoms with Crippen LogP contribution >= 0.6 is 0 Å². The molecule has 0 fully saturated rings. The second-order valence-corrected chi connectivity index (χ2v) is 21.6. The zero-order chi connectivity index (χ0) is 58.1. The van der Waals surface area contributed by atoms with Gasteiger partial charge < -0.3 is 14.5 Å². The van der Waals surface area contributed by atoms with Gasteiger partial charge in [-0.1, -0.05) is 250 Å². The summed E-state index contributed by atoms with van der Waals surface area (Å²) in [6, 6.07) is 91.8. The van der Waals surface area contributed by atoms with Gasteiger partial charge in [0, 0.05) is 67.6 Å². The Morgan fingerprint density at radius 1 is 0.425 bits per heavy atom. The van der Waals surface area contributed by atoms with Gasteiger partial charge >= 0.3 is 0 Å². The highest BCUT2D eigenvalue weighted by molar-refractivity contribution is 6.54. The lowest BCUT2D eigenvalue weighted by Crippen LogP contribution is -2.27. The van der Waals surface area contributed by atoms with E-state index in [1.54, 1.807) is 14.2 Å². The molecular formula is C78H63N7O2. The Balaban J connectivity index is 0.000000159. The minimum atomic E-state index is -1.12. The predicted molar refractivity (Wildman–Crippen MR) is 357 cm³/mol. The number of ether oxygens (including phenoxy) is 2. The largest absolute Gasteiger partial charge is 0.496 e. The lowest BCUT2D eigenvalue weighted by Gasteiger charge is -2.25. The number of nitrogens with zero attached hydrogens (tertiary/aromatic N) is 6. The average Bonchev–Trinajstić information content (AvgIpc) is 1.52. The molecule has 0 amide bonds. The molecule has 1 spiro atoms. The maximum atomic E-state index is 5.85. The molecule has 9 heteroatoms. The fraction of sp³-hybridized carbons (Fsp3) is 0.0897.